The molecule has 3 nitrogen and oxygen atoms in total. The van der Waals surface area contributed by atoms with Gasteiger partial charge in [0.15, 0.2) is 0 Å². The largest absolute Gasteiger partial charge is 0.412 e. The summed E-state index contributed by atoms with van der Waals surface area (Å²) in [6.45, 7) is 0.950. The molecule has 1 aliphatic rings. The van der Waals surface area contributed by atoms with E-state index in [9.17, 15) is 0 Å². The first kappa shape index (κ1) is 11.5. The monoisotopic (exact) mass is 152 g/mol. The molecule has 0 radical (unpaired) electrons. The molecule has 0 bridgehead atoms. The number of aliphatic imine (C=N–C) groups is 1. The van der Waals surface area contributed by atoms with Crippen molar-refractivity contribution in [1.29, 1.82) is 0 Å². The van der Waals surface area contributed by atoms with Crippen molar-refractivity contribution in [2.75, 3.05) is 6.54 Å². The molecule has 1 rings (SSSR count). The Balaban J connectivity index is 0. The average molecular weight is 153 g/mol. The van der Waals surface area contributed by atoms with Gasteiger partial charge in [0, 0.05) is 13.0 Å². The number of nitrogens with two attached hydrogens (primary N) is 1. The lowest BCUT2D eigenvalue weighted by molar-refractivity contribution is 0.733. The molecule has 0 unspecified atom stereocenters. The molecule has 0 aromatic rings. The highest BCUT2D eigenvalue weighted by Gasteiger charge is 1.97. The van der Waals surface area contributed by atoms with Crippen LogP contribution in [0.1, 0.15) is 19.3 Å². The lowest BCUT2D eigenvalue weighted by atomic mass is 10.2. The Bertz CT molecular complexity index is 95.0. The standard InChI is InChI=1S/C5H10N2.ClH.H2O/c6-5-3-1-2-4-7-5;;/h1-4H2,(H2,6,7);1H;1H2. The minimum absolute atomic E-state index is 0. The Morgan fingerprint density at radius 3 is 2.22 bits per heavy atom. The quantitative estimate of drug-likeness (QED) is 0.527. The summed E-state index contributed by atoms with van der Waals surface area (Å²) < 4.78 is 0. The molecule has 0 aromatic heterocycles. The highest BCUT2D eigenvalue weighted by molar-refractivity contribution is 5.85. The van der Waals surface area contributed by atoms with Gasteiger partial charge in [0.05, 0.1) is 5.84 Å². The molecule has 0 aliphatic carbocycles. The van der Waals surface area contributed by atoms with E-state index < -0.39 is 0 Å². The van der Waals surface area contributed by atoms with Gasteiger partial charge in [0.2, 0.25) is 0 Å². The van der Waals surface area contributed by atoms with E-state index in [-0.39, 0.29) is 17.9 Å². The van der Waals surface area contributed by atoms with E-state index in [1.54, 1.807) is 0 Å². The summed E-state index contributed by atoms with van der Waals surface area (Å²) >= 11 is 0. The maximum atomic E-state index is 5.38. The first-order valence-corrected chi connectivity index (χ1v) is 2.68. The first-order chi connectivity index (χ1) is 3.39. The molecule has 9 heavy (non-hydrogen) atoms. The molecular formula is C5H13ClN2O. The van der Waals surface area contributed by atoms with Crippen LogP contribution in [0.2, 0.25) is 0 Å². The SMILES string of the molecule is Cl.NC1=NCCCC1.O. The molecule has 4 N–H and O–H groups in total. The zero-order valence-corrected chi connectivity index (χ0v) is 6.08. The van der Waals surface area contributed by atoms with E-state index in [4.69, 9.17) is 5.73 Å². The van der Waals surface area contributed by atoms with Gasteiger partial charge in [-0.3, -0.25) is 4.99 Å². The third-order valence-electron chi connectivity index (χ3n) is 1.16. The highest BCUT2D eigenvalue weighted by atomic mass is 35.5. The van der Waals surface area contributed by atoms with Crippen molar-refractivity contribution in [3.05, 3.63) is 0 Å². The van der Waals surface area contributed by atoms with Crippen molar-refractivity contribution in [3.63, 3.8) is 0 Å². The van der Waals surface area contributed by atoms with Gasteiger partial charge in [0.25, 0.3) is 0 Å². The molecule has 0 amide bonds. The van der Waals surface area contributed by atoms with Crippen LogP contribution in [0.15, 0.2) is 4.99 Å². The predicted molar refractivity (Wildman–Crippen MR) is 41.2 cm³/mol. The zero-order valence-electron chi connectivity index (χ0n) is 5.26. The minimum Gasteiger partial charge on any atom is -0.412 e. The van der Waals surface area contributed by atoms with E-state index in [0.29, 0.717) is 0 Å². The molecule has 0 atom stereocenters. The van der Waals surface area contributed by atoms with Crippen LogP contribution in [-0.4, -0.2) is 17.9 Å². The first-order valence-electron chi connectivity index (χ1n) is 2.68. The Kier molecular flexibility index (Phi) is 7.48. The van der Waals surface area contributed by atoms with Crippen LogP contribution < -0.4 is 5.73 Å². The summed E-state index contributed by atoms with van der Waals surface area (Å²) in [5.41, 5.74) is 5.38. The Labute approximate surface area is 61.1 Å². The molecule has 4 heteroatoms. The fourth-order valence-electron chi connectivity index (χ4n) is 0.720. The lowest BCUT2D eigenvalue weighted by Crippen LogP contribution is -2.15. The second kappa shape index (κ2) is 5.85. The molecule has 0 saturated carbocycles. The number of hydrogen-bond acceptors (Lipinski definition) is 2. The van der Waals surface area contributed by atoms with Crippen LogP contribution >= 0.6 is 12.4 Å². The molecule has 56 valence electrons. The van der Waals surface area contributed by atoms with Crippen molar-refractivity contribution < 1.29 is 5.48 Å². The number of halogens is 1. The van der Waals surface area contributed by atoms with Gasteiger partial charge in [-0.2, -0.15) is 0 Å². The number of hydrogen-bond donors (Lipinski definition) is 1. The molecule has 0 spiro atoms. The lowest BCUT2D eigenvalue weighted by Gasteiger charge is -2.04. The van der Waals surface area contributed by atoms with E-state index in [1.807, 2.05) is 0 Å². The zero-order chi connectivity index (χ0) is 5.11. The van der Waals surface area contributed by atoms with Gasteiger partial charge in [-0.05, 0) is 12.8 Å². The molecule has 1 aliphatic heterocycles. The third-order valence-corrected chi connectivity index (χ3v) is 1.16. The predicted octanol–water partition coefficient (Wildman–Crippen LogP) is 0.125. The van der Waals surface area contributed by atoms with E-state index in [2.05, 4.69) is 4.99 Å². The average Bonchev–Trinajstić information content (AvgIpc) is 1.69. The maximum absolute atomic E-state index is 5.38. The van der Waals surface area contributed by atoms with Crippen LogP contribution in [0.4, 0.5) is 0 Å². The summed E-state index contributed by atoms with van der Waals surface area (Å²) in [5.74, 6) is 0.839. The van der Waals surface area contributed by atoms with Crippen LogP contribution in [-0.2, 0) is 0 Å². The summed E-state index contributed by atoms with van der Waals surface area (Å²) in [4.78, 5) is 4.02. The van der Waals surface area contributed by atoms with E-state index in [1.165, 1.54) is 12.8 Å². The normalized spacial score (nSPS) is 16.7. The second-order valence-electron chi connectivity index (χ2n) is 1.83. The van der Waals surface area contributed by atoms with Crippen molar-refractivity contribution in [2.45, 2.75) is 19.3 Å². The molecular weight excluding hydrogens is 140 g/mol. The van der Waals surface area contributed by atoms with Gasteiger partial charge >= 0.3 is 0 Å². The van der Waals surface area contributed by atoms with Gasteiger partial charge in [-0.1, -0.05) is 0 Å². The van der Waals surface area contributed by atoms with Gasteiger partial charge in [0.1, 0.15) is 0 Å². The van der Waals surface area contributed by atoms with Crippen molar-refractivity contribution in [2.24, 2.45) is 10.7 Å². The topological polar surface area (TPSA) is 69.9 Å². The van der Waals surface area contributed by atoms with E-state index in [0.717, 1.165) is 18.8 Å². The van der Waals surface area contributed by atoms with E-state index >= 15 is 0 Å². The minimum atomic E-state index is 0. The van der Waals surface area contributed by atoms with Crippen molar-refractivity contribution >= 4 is 18.2 Å². The van der Waals surface area contributed by atoms with Crippen molar-refractivity contribution in [3.8, 4) is 0 Å². The van der Waals surface area contributed by atoms with Crippen LogP contribution in [0.5, 0.6) is 0 Å². The van der Waals surface area contributed by atoms with Crippen LogP contribution in [0, 0.1) is 0 Å². The summed E-state index contributed by atoms with van der Waals surface area (Å²) in [7, 11) is 0. The van der Waals surface area contributed by atoms with Gasteiger partial charge < -0.3 is 11.2 Å². The molecule has 0 fully saturated rings. The maximum Gasteiger partial charge on any atom is 0.0937 e. The Morgan fingerprint density at radius 1 is 1.33 bits per heavy atom. The summed E-state index contributed by atoms with van der Waals surface area (Å²) in [6.07, 6.45) is 3.47. The fraction of sp³-hybridized carbons (Fsp3) is 0.800. The third kappa shape index (κ3) is 4.24. The second-order valence-corrected chi connectivity index (χ2v) is 1.83. The number of nitrogens with zero attached hydrogens (tertiary/aromatic N) is 1. The van der Waals surface area contributed by atoms with Crippen molar-refractivity contribution in [1.82, 2.24) is 0 Å². The molecule has 1 heterocycles. The Morgan fingerprint density at radius 2 is 2.00 bits per heavy atom. The fourth-order valence-corrected chi connectivity index (χ4v) is 0.720. The number of amidine groups is 1. The summed E-state index contributed by atoms with van der Waals surface area (Å²) in [6, 6.07) is 0. The highest BCUT2D eigenvalue weighted by Crippen LogP contribution is 2.01. The van der Waals surface area contributed by atoms with Gasteiger partial charge in [-0.15, -0.1) is 12.4 Å². The number of rotatable bonds is 0. The van der Waals surface area contributed by atoms with Crippen LogP contribution in [0.3, 0.4) is 0 Å². The summed E-state index contributed by atoms with van der Waals surface area (Å²) in [5, 5.41) is 0. The van der Waals surface area contributed by atoms with Gasteiger partial charge in [-0.25, -0.2) is 0 Å². The molecule has 0 saturated heterocycles. The smallest absolute Gasteiger partial charge is 0.0937 e. The Hall–Kier alpha value is -0.280. The molecule has 0 aromatic carbocycles. The van der Waals surface area contributed by atoms with Crippen LogP contribution in [0.25, 0.3) is 0 Å².